The summed E-state index contributed by atoms with van der Waals surface area (Å²) < 4.78 is 0. The van der Waals surface area contributed by atoms with E-state index in [2.05, 4.69) is 44.8 Å². The lowest BCUT2D eigenvalue weighted by Gasteiger charge is -2.36. The number of amides is 1. The first-order valence-corrected chi connectivity index (χ1v) is 10.9. The van der Waals surface area contributed by atoms with E-state index in [-0.39, 0.29) is 5.91 Å². The highest BCUT2D eigenvalue weighted by Gasteiger charge is 2.21. The molecule has 1 amide bonds. The normalized spacial score (nSPS) is 20.6. The molecule has 0 aromatic heterocycles. The molecule has 1 aromatic carbocycles. The largest absolute Gasteiger partial charge is 0.368 e. The van der Waals surface area contributed by atoms with E-state index < -0.39 is 0 Å². The Labute approximate surface area is 166 Å². The number of nitrogens with one attached hydrogen (secondary N) is 2. The maximum atomic E-state index is 12.5. The summed E-state index contributed by atoms with van der Waals surface area (Å²) in [6, 6.07) is 10.4. The van der Waals surface area contributed by atoms with Gasteiger partial charge in [-0.3, -0.25) is 9.79 Å². The number of aliphatic imine (C=N–C) groups is 1. The fraction of sp³-hybridized carbons (Fsp3) is 0.600. The van der Waals surface area contributed by atoms with E-state index >= 15 is 0 Å². The number of piperazine rings is 1. The number of nitrogens with zero attached hydrogens (tertiary/aromatic N) is 3. The molecule has 0 spiro atoms. The number of para-hydroxylation sites is 1. The van der Waals surface area contributed by atoms with Crippen LogP contribution in [0.25, 0.3) is 0 Å². The summed E-state index contributed by atoms with van der Waals surface area (Å²) in [5.41, 5.74) is 1.24. The number of anilines is 1. The average molecular weight is 390 g/mol. The van der Waals surface area contributed by atoms with Crippen LogP contribution in [0, 0.1) is 0 Å². The third kappa shape index (κ3) is 6.06. The predicted octanol–water partition coefficient (Wildman–Crippen LogP) is 1.79. The van der Waals surface area contributed by atoms with Crippen LogP contribution in [0.15, 0.2) is 35.3 Å². The quantitative estimate of drug-likeness (QED) is 0.574. The Morgan fingerprint density at radius 3 is 2.63 bits per heavy atom. The smallest absolute Gasteiger partial charge is 0.224 e. The summed E-state index contributed by atoms with van der Waals surface area (Å²) in [6.45, 7) is 4.94. The zero-order valence-electron chi connectivity index (χ0n) is 16.2. The van der Waals surface area contributed by atoms with Gasteiger partial charge in [0.1, 0.15) is 0 Å². The van der Waals surface area contributed by atoms with Crippen LogP contribution in [-0.4, -0.2) is 74.1 Å². The minimum Gasteiger partial charge on any atom is -0.368 e. The van der Waals surface area contributed by atoms with E-state index in [1.54, 1.807) is 7.05 Å². The van der Waals surface area contributed by atoms with Crippen molar-refractivity contribution in [2.45, 2.75) is 24.5 Å². The molecule has 2 N–H and O–H groups in total. The van der Waals surface area contributed by atoms with Crippen LogP contribution in [0.5, 0.6) is 0 Å². The number of carbonyl (C=O) groups is 1. The molecule has 6 nitrogen and oxygen atoms in total. The fourth-order valence-corrected chi connectivity index (χ4v) is 4.74. The minimum absolute atomic E-state index is 0.219. The maximum absolute atomic E-state index is 12.5. The summed E-state index contributed by atoms with van der Waals surface area (Å²) in [5, 5.41) is 7.33. The van der Waals surface area contributed by atoms with Crippen molar-refractivity contribution in [3.05, 3.63) is 30.3 Å². The van der Waals surface area contributed by atoms with Crippen LogP contribution in [0.4, 0.5) is 5.69 Å². The Balaban J connectivity index is 1.33. The zero-order valence-corrected chi connectivity index (χ0v) is 17.0. The fourth-order valence-electron chi connectivity index (χ4n) is 3.54. The van der Waals surface area contributed by atoms with Gasteiger partial charge in [-0.15, -0.1) is 0 Å². The van der Waals surface area contributed by atoms with Gasteiger partial charge in [0.2, 0.25) is 5.91 Å². The van der Waals surface area contributed by atoms with Crippen molar-refractivity contribution in [1.82, 2.24) is 15.5 Å². The predicted molar refractivity (Wildman–Crippen MR) is 115 cm³/mol. The molecule has 27 heavy (non-hydrogen) atoms. The molecule has 0 bridgehead atoms. The van der Waals surface area contributed by atoms with Crippen molar-refractivity contribution >= 4 is 29.3 Å². The first-order valence-electron chi connectivity index (χ1n) is 9.90. The highest BCUT2D eigenvalue weighted by atomic mass is 32.2. The number of carbonyl (C=O) groups excluding carboxylic acids is 1. The molecule has 1 unspecified atom stereocenters. The second-order valence-corrected chi connectivity index (χ2v) is 8.38. The molecule has 0 radical (unpaired) electrons. The van der Waals surface area contributed by atoms with E-state index in [9.17, 15) is 4.79 Å². The standard InChI is InChI=1S/C20H31N5OS/c1-21-20(23-16-18-8-5-15-27-18)22-10-9-19(26)25-13-11-24(12-14-25)17-6-3-2-4-7-17/h2-4,6-7,18H,5,8-16H2,1H3,(H2,21,22,23). The summed E-state index contributed by atoms with van der Waals surface area (Å²) >= 11 is 2.03. The van der Waals surface area contributed by atoms with Gasteiger partial charge in [0.25, 0.3) is 0 Å². The molecule has 2 fully saturated rings. The summed E-state index contributed by atoms with van der Waals surface area (Å²) in [5.74, 6) is 2.28. The molecule has 0 aliphatic carbocycles. The number of benzene rings is 1. The summed E-state index contributed by atoms with van der Waals surface area (Å²) in [7, 11) is 1.78. The highest BCUT2D eigenvalue weighted by Crippen LogP contribution is 2.25. The Bertz CT molecular complexity index is 610. The van der Waals surface area contributed by atoms with E-state index in [0.717, 1.165) is 38.7 Å². The van der Waals surface area contributed by atoms with Gasteiger partial charge in [0.15, 0.2) is 5.96 Å². The molecular weight excluding hydrogens is 358 g/mol. The Kier molecular flexibility index (Phi) is 7.68. The summed E-state index contributed by atoms with van der Waals surface area (Å²) in [6.07, 6.45) is 3.10. The van der Waals surface area contributed by atoms with Gasteiger partial charge in [-0.1, -0.05) is 18.2 Å². The van der Waals surface area contributed by atoms with Crippen molar-refractivity contribution in [1.29, 1.82) is 0 Å². The Morgan fingerprint density at radius 1 is 1.19 bits per heavy atom. The number of rotatable bonds is 6. The second kappa shape index (κ2) is 10.4. The number of guanidine groups is 1. The van der Waals surface area contributed by atoms with Crippen LogP contribution >= 0.6 is 11.8 Å². The summed E-state index contributed by atoms with van der Waals surface area (Å²) in [4.78, 5) is 21.1. The lowest BCUT2D eigenvalue weighted by Crippen LogP contribution is -2.49. The molecule has 148 valence electrons. The molecule has 2 saturated heterocycles. The van der Waals surface area contributed by atoms with Gasteiger partial charge in [-0.25, -0.2) is 0 Å². The molecule has 2 aliphatic heterocycles. The average Bonchev–Trinajstić information content (AvgIpc) is 3.25. The molecule has 3 rings (SSSR count). The van der Waals surface area contributed by atoms with Gasteiger partial charge in [0, 0.05) is 63.7 Å². The topological polar surface area (TPSA) is 60.0 Å². The van der Waals surface area contributed by atoms with Crippen LogP contribution < -0.4 is 15.5 Å². The van der Waals surface area contributed by atoms with E-state index in [1.165, 1.54) is 24.3 Å². The second-order valence-electron chi connectivity index (χ2n) is 6.97. The van der Waals surface area contributed by atoms with Crippen molar-refractivity contribution in [3.8, 4) is 0 Å². The number of thioether (sulfide) groups is 1. The molecular formula is C20H31N5OS. The lowest BCUT2D eigenvalue weighted by atomic mass is 10.2. The van der Waals surface area contributed by atoms with Gasteiger partial charge in [-0.2, -0.15) is 11.8 Å². The Hall–Kier alpha value is -1.89. The molecule has 0 saturated carbocycles. The third-order valence-electron chi connectivity index (χ3n) is 5.13. The van der Waals surface area contributed by atoms with Crippen molar-refractivity contribution in [3.63, 3.8) is 0 Å². The third-order valence-corrected chi connectivity index (χ3v) is 6.53. The highest BCUT2D eigenvalue weighted by molar-refractivity contribution is 8.00. The van der Waals surface area contributed by atoms with E-state index in [4.69, 9.17) is 0 Å². The molecule has 7 heteroatoms. The van der Waals surface area contributed by atoms with Crippen molar-refractivity contribution in [2.24, 2.45) is 4.99 Å². The van der Waals surface area contributed by atoms with Crippen LogP contribution in [0.3, 0.4) is 0 Å². The molecule has 1 aromatic rings. The maximum Gasteiger partial charge on any atom is 0.224 e. The van der Waals surface area contributed by atoms with Crippen LogP contribution in [0.2, 0.25) is 0 Å². The SMILES string of the molecule is CN=C(NCCC(=O)N1CCN(c2ccccc2)CC1)NCC1CCCS1. The minimum atomic E-state index is 0.219. The number of hydrogen-bond acceptors (Lipinski definition) is 4. The first kappa shape index (κ1) is 19.9. The molecule has 2 heterocycles. The number of hydrogen-bond donors (Lipinski definition) is 2. The molecule has 1 atom stereocenters. The van der Waals surface area contributed by atoms with Crippen molar-refractivity contribution in [2.75, 3.05) is 57.0 Å². The van der Waals surface area contributed by atoms with Gasteiger partial charge < -0.3 is 20.4 Å². The van der Waals surface area contributed by atoms with Crippen LogP contribution in [0.1, 0.15) is 19.3 Å². The Morgan fingerprint density at radius 2 is 1.96 bits per heavy atom. The van der Waals surface area contributed by atoms with Crippen molar-refractivity contribution < 1.29 is 4.79 Å². The van der Waals surface area contributed by atoms with E-state index in [0.29, 0.717) is 18.2 Å². The van der Waals surface area contributed by atoms with Gasteiger partial charge in [0.05, 0.1) is 0 Å². The van der Waals surface area contributed by atoms with Gasteiger partial charge in [-0.05, 0) is 30.7 Å². The van der Waals surface area contributed by atoms with Gasteiger partial charge >= 0.3 is 0 Å². The zero-order chi connectivity index (χ0) is 18.9. The lowest BCUT2D eigenvalue weighted by molar-refractivity contribution is -0.131. The van der Waals surface area contributed by atoms with E-state index in [1.807, 2.05) is 22.7 Å². The monoisotopic (exact) mass is 389 g/mol. The molecule has 2 aliphatic rings. The van der Waals surface area contributed by atoms with Crippen LogP contribution in [-0.2, 0) is 4.79 Å². The first-order chi connectivity index (χ1) is 13.3.